The van der Waals surface area contributed by atoms with E-state index >= 15 is 0 Å². The van der Waals surface area contributed by atoms with E-state index in [9.17, 15) is 9.59 Å². The zero-order valence-corrected chi connectivity index (χ0v) is 14.9. The van der Waals surface area contributed by atoms with Gasteiger partial charge in [0.2, 0.25) is 5.91 Å². The number of hydrogen-bond donors (Lipinski definition) is 2. The average molecular weight is 352 g/mol. The summed E-state index contributed by atoms with van der Waals surface area (Å²) in [5.41, 5.74) is 1.47. The van der Waals surface area contributed by atoms with Crippen LogP contribution in [0.25, 0.3) is 0 Å². The van der Waals surface area contributed by atoms with Crippen LogP contribution in [-0.2, 0) is 4.79 Å². The minimum atomic E-state index is 0. The number of anilines is 1. The summed E-state index contributed by atoms with van der Waals surface area (Å²) in [6.45, 7) is 2.67. The smallest absolute Gasteiger partial charge is 0.253 e. The number of amides is 2. The Morgan fingerprint density at radius 1 is 1.08 bits per heavy atom. The Labute approximate surface area is 149 Å². The van der Waals surface area contributed by atoms with Gasteiger partial charge in [0.25, 0.3) is 5.91 Å². The van der Waals surface area contributed by atoms with Crippen LogP contribution in [0.2, 0.25) is 0 Å². The lowest BCUT2D eigenvalue weighted by molar-refractivity contribution is -0.117. The molecule has 1 aromatic carbocycles. The Bertz CT molecular complexity index is 564. The lowest BCUT2D eigenvalue weighted by Gasteiger charge is -2.32. The minimum absolute atomic E-state index is 0. The van der Waals surface area contributed by atoms with Gasteiger partial charge in [0, 0.05) is 30.3 Å². The highest BCUT2D eigenvalue weighted by molar-refractivity contribution is 5.96. The molecule has 0 unspecified atom stereocenters. The fourth-order valence-electron chi connectivity index (χ4n) is 3.10. The average Bonchev–Trinajstić information content (AvgIpc) is 3.41. The van der Waals surface area contributed by atoms with Crippen LogP contribution in [0.15, 0.2) is 24.3 Å². The predicted octanol–water partition coefficient (Wildman–Crippen LogP) is 2.53. The van der Waals surface area contributed by atoms with Crippen LogP contribution in [0.5, 0.6) is 0 Å². The van der Waals surface area contributed by atoms with Crippen LogP contribution in [0.1, 0.15) is 36.0 Å². The first-order valence-electron chi connectivity index (χ1n) is 8.52. The summed E-state index contributed by atoms with van der Waals surface area (Å²) < 4.78 is 0. The van der Waals surface area contributed by atoms with Gasteiger partial charge >= 0.3 is 0 Å². The number of rotatable bonds is 5. The van der Waals surface area contributed by atoms with E-state index < -0.39 is 0 Å². The van der Waals surface area contributed by atoms with Crippen molar-refractivity contribution in [2.24, 2.45) is 11.8 Å². The Kier molecular flexibility index (Phi) is 6.63. The molecule has 0 bridgehead atoms. The lowest BCUT2D eigenvalue weighted by atomic mass is 9.96. The van der Waals surface area contributed by atoms with Crippen LogP contribution < -0.4 is 10.6 Å². The molecule has 1 aliphatic heterocycles. The van der Waals surface area contributed by atoms with Gasteiger partial charge < -0.3 is 15.5 Å². The Balaban J connectivity index is 0.00000208. The van der Waals surface area contributed by atoms with Crippen molar-refractivity contribution >= 4 is 29.9 Å². The molecule has 1 saturated carbocycles. The molecule has 0 atom stereocenters. The first kappa shape index (κ1) is 18.7. The Morgan fingerprint density at radius 2 is 1.71 bits per heavy atom. The van der Waals surface area contributed by atoms with Crippen LogP contribution in [0.4, 0.5) is 5.69 Å². The largest absolute Gasteiger partial charge is 0.339 e. The fourth-order valence-corrected chi connectivity index (χ4v) is 3.10. The minimum Gasteiger partial charge on any atom is -0.339 e. The molecule has 2 aliphatic rings. The quantitative estimate of drug-likeness (QED) is 0.857. The molecule has 1 aromatic rings. The van der Waals surface area contributed by atoms with Gasteiger partial charge in [0.05, 0.1) is 0 Å². The molecule has 1 saturated heterocycles. The molecule has 24 heavy (non-hydrogen) atoms. The van der Waals surface area contributed by atoms with Crippen molar-refractivity contribution in [2.45, 2.75) is 25.7 Å². The number of halogens is 1. The number of nitrogens with zero attached hydrogens (tertiary/aromatic N) is 1. The monoisotopic (exact) mass is 351 g/mol. The van der Waals surface area contributed by atoms with Crippen molar-refractivity contribution in [2.75, 3.05) is 32.0 Å². The molecular weight excluding hydrogens is 326 g/mol. The van der Waals surface area contributed by atoms with E-state index in [4.69, 9.17) is 0 Å². The number of nitrogens with one attached hydrogen (secondary N) is 2. The Morgan fingerprint density at radius 3 is 2.25 bits per heavy atom. The molecule has 0 aromatic heterocycles. The van der Waals surface area contributed by atoms with E-state index in [1.807, 2.05) is 36.2 Å². The van der Waals surface area contributed by atoms with Crippen molar-refractivity contribution in [1.29, 1.82) is 0 Å². The molecule has 0 radical (unpaired) electrons. The maximum absolute atomic E-state index is 12.5. The van der Waals surface area contributed by atoms with E-state index in [2.05, 4.69) is 10.6 Å². The molecule has 2 fully saturated rings. The topological polar surface area (TPSA) is 61.4 Å². The van der Waals surface area contributed by atoms with Crippen LogP contribution >= 0.6 is 12.4 Å². The molecule has 6 heteroatoms. The second-order valence-corrected chi connectivity index (χ2v) is 6.63. The molecule has 1 heterocycles. The lowest BCUT2D eigenvalue weighted by Crippen LogP contribution is -2.40. The van der Waals surface area contributed by atoms with Crippen molar-refractivity contribution < 1.29 is 9.59 Å². The zero-order chi connectivity index (χ0) is 16.2. The Hall–Kier alpha value is -1.59. The van der Waals surface area contributed by atoms with Crippen molar-refractivity contribution in [3.05, 3.63) is 29.8 Å². The van der Waals surface area contributed by atoms with Gasteiger partial charge in [-0.25, -0.2) is 0 Å². The number of likely N-dealkylation sites (tertiary alicyclic amines) is 1. The first-order valence-corrected chi connectivity index (χ1v) is 8.52. The summed E-state index contributed by atoms with van der Waals surface area (Å²) >= 11 is 0. The van der Waals surface area contributed by atoms with Crippen LogP contribution in [0.3, 0.4) is 0 Å². The highest BCUT2D eigenvalue weighted by Crippen LogP contribution is 2.30. The molecule has 2 N–H and O–H groups in total. The van der Waals surface area contributed by atoms with E-state index in [0.717, 1.165) is 51.0 Å². The molecule has 1 aliphatic carbocycles. The molecule has 2 amide bonds. The normalized spacial score (nSPS) is 18.0. The number of carbonyl (C=O) groups excluding carboxylic acids is 2. The summed E-state index contributed by atoms with van der Waals surface area (Å²) in [7, 11) is 1.97. The van der Waals surface area contributed by atoms with Crippen molar-refractivity contribution in [1.82, 2.24) is 10.2 Å². The molecule has 0 spiro atoms. The molecule has 3 rings (SSSR count). The van der Waals surface area contributed by atoms with Crippen molar-refractivity contribution in [3.63, 3.8) is 0 Å². The molecular formula is C18H26ClN3O2. The third-order valence-corrected chi connectivity index (χ3v) is 4.74. The van der Waals surface area contributed by atoms with Crippen LogP contribution in [0, 0.1) is 11.8 Å². The fraction of sp³-hybridized carbons (Fsp3) is 0.556. The van der Waals surface area contributed by atoms with E-state index in [1.165, 1.54) is 0 Å². The summed E-state index contributed by atoms with van der Waals surface area (Å²) in [4.78, 5) is 26.2. The van der Waals surface area contributed by atoms with Gasteiger partial charge in [-0.05, 0) is 69.5 Å². The zero-order valence-electron chi connectivity index (χ0n) is 14.1. The van der Waals surface area contributed by atoms with Crippen LogP contribution in [-0.4, -0.2) is 43.4 Å². The van der Waals surface area contributed by atoms with Gasteiger partial charge in [0.1, 0.15) is 0 Å². The van der Waals surface area contributed by atoms with Gasteiger partial charge in [0.15, 0.2) is 0 Å². The number of carbonyl (C=O) groups is 2. The van der Waals surface area contributed by atoms with E-state index in [1.54, 1.807) is 0 Å². The summed E-state index contributed by atoms with van der Waals surface area (Å²) in [6, 6.07) is 7.26. The number of benzene rings is 1. The summed E-state index contributed by atoms with van der Waals surface area (Å²) in [5, 5.41) is 6.11. The SMILES string of the molecule is CNCC1CCN(C(=O)c2ccc(NC(=O)C3CC3)cc2)CC1.Cl. The van der Waals surface area contributed by atoms with Gasteiger partial charge in [-0.1, -0.05) is 0 Å². The second-order valence-electron chi connectivity index (χ2n) is 6.63. The maximum Gasteiger partial charge on any atom is 0.253 e. The van der Waals surface area contributed by atoms with E-state index in [-0.39, 0.29) is 30.1 Å². The highest BCUT2D eigenvalue weighted by Gasteiger charge is 2.29. The molecule has 5 nitrogen and oxygen atoms in total. The summed E-state index contributed by atoms with van der Waals surface area (Å²) in [6.07, 6.45) is 4.10. The van der Waals surface area contributed by atoms with Crippen molar-refractivity contribution in [3.8, 4) is 0 Å². The van der Waals surface area contributed by atoms with E-state index in [0.29, 0.717) is 11.5 Å². The van der Waals surface area contributed by atoms with Gasteiger partial charge in [-0.15, -0.1) is 12.4 Å². The standard InChI is InChI=1S/C18H25N3O2.ClH/c1-19-12-13-8-10-21(11-9-13)18(23)15-4-6-16(7-5-15)20-17(22)14-2-3-14;/h4-7,13-14,19H,2-3,8-12H2,1H3,(H,20,22);1H. The van der Waals surface area contributed by atoms with Gasteiger partial charge in [-0.3, -0.25) is 9.59 Å². The highest BCUT2D eigenvalue weighted by atomic mass is 35.5. The maximum atomic E-state index is 12.5. The van der Waals surface area contributed by atoms with Gasteiger partial charge in [-0.2, -0.15) is 0 Å². The second kappa shape index (κ2) is 8.49. The summed E-state index contributed by atoms with van der Waals surface area (Å²) in [5.74, 6) is 1.04. The predicted molar refractivity (Wildman–Crippen MR) is 97.6 cm³/mol. The molecule has 132 valence electrons. The third-order valence-electron chi connectivity index (χ3n) is 4.74. The number of hydrogen-bond acceptors (Lipinski definition) is 3. The first-order chi connectivity index (χ1) is 11.2. The number of piperidine rings is 1. The third kappa shape index (κ3) is 4.71.